The zero-order valence-corrected chi connectivity index (χ0v) is 31.6. The van der Waals surface area contributed by atoms with Crippen LogP contribution >= 0.6 is 0 Å². The fraction of sp³-hybridized carbons (Fsp3) is 0.744. The van der Waals surface area contributed by atoms with Gasteiger partial charge in [0.2, 0.25) is 0 Å². The van der Waals surface area contributed by atoms with Gasteiger partial charge in [-0.1, -0.05) is 58.9 Å². The average Bonchev–Trinajstić information content (AvgIpc) is 3.45. The Hall–Kier alpha value is -2.02. The number of methoxy groups -OCH3 is 1. The van der Waals surface area contributed by atoms with E-state index in [-0.39, 0.29) is 27.3 Å². The van der Waals surface area contributed by atoms with Gasteiger partial charge in [-0.25, -0.2) is 9.18 Å². The highest BCUT2D eigenvalue weighted by molar-refractivity contribution is 5.90. The van der Waals surface area contributed by atoms with Crippen molar-refractivity contribution in [1.29, 1.82) is 0 Å². The van der Waals surface area contributed by atoms with Gasteiger partial charge >= 0.3 is 5.97 Å². The lowest BCUT2D eigenvalue weighted by Crippen LogP contribution is -2.68. The number of halogens is 1. The van der Waals surface area contributed by atoms with E-state index < -0.39 is 11.8 Å². The number of allylic oxidation sites excluding steroid dienone is 3. The minimum atomic E-state index is -0.625. The Kier molecular flexibility index (Phi) is 9.09. The summed E-state index contributed by atoms with van der Waals surface area (Å²) in [6.45, 7) is 25.8. The monoisotopic (exact) mass is 674 g/mol. The van der Waals surface area contributed by atoms with Gasteiger partial charge in [-0.15, -0.1) is 0 Å². The van der Waals surface area contributed by atoms with E-state index in [0.29, 0.717) is 35.0 Å². The minimum absolute atomic E-state index is 0.00342. The first kappa shape index (κ1) is 35.4. The summed E-state index contributed by atoms with van der Waals surface area (Å²) in [5, 5.41) is 4.28. The zero-order valence-electron chi connectivity index (χ0n) is 31.6. The van der Waals surface area contributed by atoms with Crippen molar-refractivity contribution >= 4 is 11.5 Å². The smallest absolute Gasteiger partial charge is 0.340 e. The van der Waals surface area contributed by atoms with Gasteiger partial charge in [-0.3, -0.25) is 4.90 Å². The van der Waals surface area contributed by atoms with Crippen molar-refractivity contribution in [3.8, 4) is 0 Å². The molecular formula is C43H63FN2O3. The summed E-state index contributed by atoms with van der Waals surface area (Å²) in [6.07, 6.45) is 13.7. The van der Waals surface area contributed by atoms with E-state index in [0.717, 1.165) is 51.4 Å². The molecule has 6 heteroatoms. The Morgan fingerprint density at radius 2 is 1.76 bits per heavy atom. The van der Waals surface area contributed by atoms with E-state index >= 15 is 4.39 Å². The maximum absolute atomic E-state index is 15.2. The molecule has 0 spiro atoms. The number of ether oxygens (including phenoxy) is 2. The van der Waals surface area contributed by atoms with Crippen LogP contribution in [0.4, 0.5) is 4.39 Å². The Bertz CT molecular complexity index is 1500. The van der Waals surface area contributed by atoms with E-state index in [1.54, 1.807) is 12.1 Å². The van der Waals surface area contributed by atoms with E-state index in [4.69, 9.17) is 9.47 Å². The van der Waals surface area contributed by atoms with E-state index in [9.17, 15) is 4.79 Å². The molecule has 270 valence electrons. The standard InChI is InChI=1S/C43H63FN2O3/c1-28(2)30-13-18-43(45-21-22-46-23-25-49-26-24-46)20-19-41(6)33(37(30)43)11-12-36-40(5)16-14-32(39(3,4)35(40)15-17-42(36,41)7)29-9-10-31(34(44)27-29)38(47)48-8/h9-10,14,27,30,33,35-37,45H,1,11-13,15-26H2,2-8H3/t30-,33?,35-,36+,37+,40-,41+,42+,43-/m0/s1. The van der Waals surface area contributed by atoms with E-state index in [2.05, 4.69) is 64.4 Å². The van der Waals surface area contributed by atoms with Crippen LogP contribution in [0, 0.1) is 57.1 Å². The Morgan fingerprint density at radius 3 is 2.45 bits per heavy atom. The third kappa shape index (κ3) is 5.35. The molecule has 1 aliphatic heterocycles. The number of morpholine rings is 1. The van der Waals surface area contributed by atoms with Gasteiger partial charge in [0.05, 0.1) is 25.9 Å². The summed E-state index contributed by atoms with van der Waals surface area (Å²) in [5.41, 5.74) is 4.42. The third-order valence-electron chi connectivity index (χ3n) is 16.3. The number of benzene rings is 1. The van der Waals surface area contributed by atoms with Gasteiger partial charge < -0.3 is 14.8 Å². The van der Waals surface area contributed by atoms with Crippen LogP contribution in [0.5, 0.6) is 0 Å². The van der Waals surface area contributed by atoms with Crippen LogP contribution in [0.2, 0.25) is 0 Å². The van der Waals surface area contributed by atoms with Gasteiger partial charge in [0.15, 0.2) is 0 Å². The zero-order chi connectivity index (χ0) is 35.0. The SMILES string of the molecule is C=C(C)[C@@H]1CC[C@]2(NCCN3CCOCC3)CC[C@]3(C)C(CC[C@@H]4[C@@]5(C)CC=C(c6ccc(C(=O)OC)c(F)c6)C(C)(C)[C@@H]5CC[C@]43C)[C@@H]12. The maximum Gasteiger partial charge on any atom is 0.340 e. The first-order chi connectivity index (χ1) is 23.2. The molecule has 1 N–H and O–H groups in total. The van der Waals surface area contributed by atoms with Gasteiger partial charge in [0.1, 0.15) is 5.82 Å². The van der Waals surface area contributed by atoms with Crippen molar-refractivity contribution < 1.29 is 18.7 Å². The number of nitrogens with one attached hydrogen (secondary N) is 1. The molecule has 1 unspecified atom stereocenters. The lowest BCUT2D eigenvalue weighted by atomic mass is 9.33. The lowest BCUT2D eigenvalue weighted by Gasteiger charge is -2.72. The van der Waals surface area contributed by atoms with Crippen molar-refractivity contribution in [2.24, 2.45) is 51.2 Å². The second-order valence-corrected chi connectivity index (χ2v) is 18.5. The van der Waals surface area contributed by atoms with Gasteiger partial charge in [-0.05, 0) is 139 Å². The molecule has 0 amide bonds. The quantitative estimate of drug-likeness (QED) is 0.231. The van der Waals surface area contributed by atoms with Crippen molar-refractivity contribution in [2.75, 3.05) is 46.5 Å². The van der Waals surface area contributed by atoms with Crippen molar-refractivity contribution in [3.05, 3.63) is 53.4 Å². The first-order valence-electron chi connectivity index (χ1n) is 19.5. The van der Waals surface area contributed by atoms with Crippen LogP contribution in [0.1, 0.15) is 115 Å². The van der Waals surface area contributed by atoms with Crippen LogP contribution in [0.25, 0.3) is 5.57 Å². The maximum atomic E-state index is 15.2. The molecule has 4 saturated carbocycles. The van der Waals surface area contributed by atoms with Gasteiger partial charge in [-0.2, -0.15) is 0 Å². The number of esters is 1. The number of hydrogen-bond donors (Lipinski definition) is 1. The van der Waals surface area contributed by atoms with E-state index in [1.807, 2.05) is 6.07 Å². The molecule has 6 aliphatic rings. The molecule has 7 rings (SSSR count). The van der Waals surface area contributed by atoms with Crippen molar-refractivity contribution in [1.82, 2.24) is 10.2 Å². The highest BCUT2D eigenvalue weighted by Gasteiger charge is 2.70. The lowest BCUT2D eigenvalue weighted by molar-refractivity contribution is -0.219. The molecule has 1 aromatic carbocycles. The van der Waals surface area contributed by atoms with Crippen LogP contribution in [0.15, 0.2) is 36.4 Å². The summed E-state index contributed by atoms with van der Waals surface area (Å²) in [4.78, 5) is 14.7. The minimum Gasteiger partial charge on any atom is -0.465 e. The molecule has 49 heavy (non-hydrogen) atoms. The van der Waals surface area contributed by atoms with E-state index in [1.165, 1.54) is 69.6 Å². The topological polar surface area (TPSA) is 50.8 Å². The fourth-order valence-corrected chi connectivity index (χ4v) is 13.8. The molecule has 9 atom stereocenters. The third-order valence-corrected chi connectivity index (χ3v) is 16.3. The van der Waals surface area contributed by atoms with Crippen molar-refractivity contribution in [3.63, 3.8) is 0 Å². The first-order valence-corrected chi connectivity index (χ1v) is 19.5. The number of carbonyl (C=O) groups is 1. The molecule has 1 aromatic rings. The van der Waals surface area contributed by atoms with Crippen LogP contribution in [0.3, 0.4) is 0 Å². The van der Waals surface area contributed by atoms with Gasteiger partial charge in [0, 0.05) is 31.7 Å². The number of rotatable bonds is 7. The largest absolute Gasteiger partial charge is 0.465 e. The normalized spacial score (nSPS) is 41.5. The number of fused-ring (bicyclic) bond motifs is 7. The Labute approximate surface area is 295 Å². The van der Waals surface area contributed by atoms with Crippen LogP contribution in [-0.4, -0.2) is 62.9 Å². The predicted octanol–water partition coefficient (Wildman–Crippen LogP) is 8.94. The molecule has 1 saturated heterocycles. The van der Waals surface area contributed by atoms with Gasteiger partial charge in [0.25, 0.3) is 0 Å². The molecule has 0 radical (unpaired) electrons. The highest BCUT2D eigenvalue weighted by atomic mass is 19.1. The fourth-order valence-electron chi connectivity index (χ4n) is 13.8. The molecule has 1 heterocycles. The van der Waals surface area contributed by atoms with Crippen LogP contribution in [-0.2, 0) is 9.47 Å². The van der Waals surface area contributed by atoms with Crippen LogP contribution < -0.4 is 5.32 Å². The molecule has 0 aromatic heterocycles. The Balaban J connectivity index is 1.17. The molecule has 5 aliphatic carbocycles. The highest BCUT2D eigenvalue weighted by Crippen LogP contribution is 2.76. The Morgan fingerprint density at radius 1 is 1.00 bits per heavy atom. The average molecular weight is 675 g/mol. The summed E-state index contributed by atoms with van der Waals surface area (Å²) in [5.74, 6) is 2.02. The second kappa shape index (κ2) is 12.6. The molecule has 5 nitrogen and oxygen atoms in total. The molecular weight excluding hydrogens is 611 g/mol. The summed E-state index contributed by atoms with van der Waals surface area (Å²) >= 11 is 0. The number of nitrogens with zero attached hydrogens (tertiary/aromatic N) is 1. The molecule has 0 bridgehead atoms. The predicted molar refractivity (Wildman–Crippen MR) is 196 cm³/mol. The number of hydrogen-bond acceptors (Lipinski definition) is 5. The number of carbonyl (C=O) groups excluding carboxylic acids is 1. The summed E-state index contributed by atoms with van der Waals surface area (Å²) in [7, 11) is 1.30. The summed E-state index contributed by atoms with van der Waals surface area (Å²) < 4.78 is 25.6. The second-order valence-electron chi connectivity index (χ2n) is 18.5. The van der Waals surface area contributed by atoms with Crippen molar-refractivity contribution in [2.45, 2.75) is 105 Å². The summed E-state index contributed by atoms with van der Waals surface area (Å²) in [6, 6.07) is 5.08. The molecule has 5 fully saturated rings.